The van der Waals surface area contributed by atoms with Crippen molar-refractivity contribution in [2.75, 3.05) is 0 Å². The Morgan fingerprint density at radius 3 is 2.50 bits per heavy atom. The van der Waals surface area contributed by atoms with Crippen molar-refractivity contribution < 1.29 is 9.36 Å². The summed E-state index contributed by atoms with van der Waals surface area (Å²) in [6, 6.07) is 5.85. The molecule has 2 nitrogen and oxygen atoms in total. The van der Waals surface area contributed by atoms with Crippen molar-refractivity contribution in [2.45, 2.75) is 19.4 Å². The summed E-state index contributed by atoms with van der Waals surface area (Å²) in [4.78, 5) is 11.4. The van der Waals surface area contributed by atoms with Crippen LogP contribution >= 0.6 is 0 Å². The van der Waals surface area contributed by atoms with Gasteiger partial charge in [0.25, 0.3) is 0 Å². The van der Waals surface area contributed by atoms with Crippen LogP contribution < -0.4 is 4.57 Å². The van der Waals surface area contributed by atoms with E-state index >= 15 is 0 Å². The molecule has 0 bridgehead atoms. The molecule has 62 valence electrons. The molecular weight excluding hydrogens is 150 g/mol. The summed E-state index contributed by atoms with van der Waals surface area (Å²) < 4.78 is 1.93. The van der Waals surface area contributed by atoms with Gasteiger partial charge in [-0.25, -0.2) is 0 Å². The minimum absolute atomic E-state index is 0.373. The maximum absolute atomic E-state index is 11.4. The Morgan fingerprint density at radius 1 is 1.25 bits per heavy atom. The first-order valence-electron chi connectivity index (χ1n) is 4.33. The third-order valence-electron chi connectivity index (χ3n) is 2.15. The van der Waals surface area contributed by atoms with Gasteiger partial charge in [-0.15, -0.1) is 0 Å². The highest BCUT2D eigenvalue weighted by Gasteiger charge is 2.31. The zero-order chi connectivity index (χ0) is 8.39. The molecule has 12 heavy (non-hydrogen) atoms. The molecule has 1 aromatic rings. The molecule has 0 atom stereocenters. The van der Waals surface area contributed by atoms with Gasteiger partial charge in [0, 0.05) is 18.1 Å². The lowest BCUT2D eigenvalue weighted by Gasteiger charge is -1.92. The molecule has 0 aromatic carbocycles. The molecule has 1 aliphatic carbocycles. The van der Waals surface area contributed by atoms with Gasteiger partial charge in [-0.2, -0.15) is 4.57 Å². The van der Waals surface area contributed by atoms with Crippen molar-refractivity contribution in [1.82, 2.24) is 0 Å². The Kier molecular flexibility index (Phi) is 1.90. The fraction of sp³-hybridized carbons (Fsp3) is 0.400. The molecule has 2 heteroatoms. The van der Waals surface area contributed by atoms with Crippen LogP contribution in [0.25, 0.3) is 0 Å². The SMILES string of the molecule is O=C(C[n+]1ccccc1)C1CC1. The Hall–Kier alpha value is -1.18. The molecule has 1 aliphatic rings. The fourth-order valence-corrected chi connectivity index (χ4v) is 1.25. The highest BCUT2D eigenvalue weighted by Crippen LogP contribution is 2.29. The van der Waals surface area contributed by atoms with Crippen molar-refractivity contribution in [3.05, 3.63) is 30.6 Å². The lowest BCUT2D eigenvalue weighted by atomic mass is 10.2. The molecule has 0 aliphatic heterocycles. The Balaban J connectivity index is 1.98. The highest BCUT2D eigenvalue weighted by atomic mass is 16.1. The molecule has 0 unspecified atom stereocenters. The highest BCUT2D eigenvalue weighted by molar-refractivity contribution is 5.81. The van der Waals surface area contributed by atoms with Gasteiger partial charge >= 0.3 is 0 Å². The number of hydrogen-bond acceptors (Lipinski definition) is 1. The van der Waals surface area contributed by atoms with Gasteiger partial charge in [0.15, 0.2) is 18.2 Å². The summed E-state index contributed by atoms with van der Waals surface area (Å²) in [6.07, 6.45) is 6.07. The number of aromatic nitrogens is 1. The second-order valence-corrected chi connectivity index (χ2v) is 3.29. The maximum atomic E-state index is 11.4. The summed E-state index contributed by atoms with van der Waals surface area (Å²) in [6.45, 7) is 0.547. The second kappa shape index (κ2) is 3.05. The average molecular weight is 162 g/mol. The zero-order valence-electron chi connectivity index (χ0n) is 6.94. The molecule has 1 heterocycles. The maximum Gasteiger partial charge on any atom is 0.206 e. The average Bonchev–Trinajstić information content (AvgIpc) is 2.88. The minimum Gasteiger partial charge on any atom is -0.292 e. The van der Waals surface area contributed by atoms with Gasteiger partial charge in [-0.3, -0.25) is 4.79 Å². The zero-order valence-corrected chi connectivity index (χ0v) is 6.94. The number of ketones is 1. The smallest absolute Gasteiger partial charge is 0.206 e. The van der Waals surface area contributed by atoms with Gasteiger partial charge < -0.3 is 0 Å². The van der Waals surface area contributed by atoms with E-state index in [1.807, 2.05) is 35.2 Å². The van der Waals surface area contributed by atoms with Crippen LogP contribution in [0.1, 0.15) is 12.8 Å². The Morgan fingerprint density at radius 2 is 1.92 bits per heavy atom. The van der Waals surface area contributed by atoms with Gasteiger partial charge in [0.1, 0.15) is 0 Å². The lowest BCUT2D eigenvalue weighted by Crippen LogP contribution is -2.37. The van der Waals surface area contributed by atoms with E-state index in [4.69, 9.17) is 0 Å². The van der Waals surface area contributed by atoms with Gasteiger partial charge in [0.2, 0.25) is 6.54 Å². The first-order chi connectivity index (χ1) is 5.86. The normalized spacial score (nSPS) is 16.0. The van der Waals surface area contributed by atoms with E-state index in [1.165, 1.54) is 0 Å². The van der Waals surface area contributed by atoms with Crippen LogP contribution in [-0.4, -0.2) is 5.78 Å². The second-order valence-electron chi connectivity index (χ2n) is 3.29. The van der Waals surface area contributed by atoms with Gasteiger partial charge in [0.05, 0.1) is 0 Å². The summed E-state index contributed by atoms with van der Waals surface area (Å²) in [7, 11) is 0. The molecule has 1 fully saturated rings. The van der Waals surface area contributed by atoms with Crippen LogP contribution in [0, 0.1) is 5.92 Å². The predicted octanol–water partition coefficient (Wildman–Crippen LogP) is 0.953. The number of nitrogens with zero attached hydrogens (tertiary/aromatic N) is 1. The van der Waals surface area contributed by atoms with Crippen molar-refractivity contribution in [2.24, 2.45) is 5.92 Å². The monoisotopic (exact) mass is 162 g/mol. The number of pyridine rings is 1. The molecule has 2 rings (SSSR count). The minimum atomic E-state index is 0.373. The van der Waals surface area contributed by atoms with E-state index in [2.05, 4.69) is 0 Å². The predicted molar refractivity (Wildman–Crippen MR) is 44.4 cm³/mol. The van der Waals surface area contributed by atoms with Crippen LogP contribution in [0.5, 0.6) is 0 Å². The summed E-state index contributed by atoms with van der Waals surface area (Å²) in [5, 5.41) is 0. The topological polar surface area (TPSA) is 20.9 Å². The van der Waals surface area contributed by atoms with E-state index in [-0.39, 0.29) is 0 Å². The Labute approximate surface area is 71.8 Å². The van der Waals surface area contributed by atoms with Crippen molar-refractivity contribution >= 4 is 5.78 Å². The molecule has 0 spiro atoms. The standard InChI is InChI=1S/C10H12NO/c12-10(9-4-5-9)8-11-6-2-1-3-7-11/h1-3,6-7,9H,4-5,8H2/q+1. The van der Waals surface area contributed by atoms with Gasteiger partial charge in [-0.1, -0.05) is 6.07 Å². The molecule has 1 saturated carbocycles. The summed E-state index contributed by atoms with van der Waals surface area (Å²) >= 11 is 0. The van der Waals surface area contributed by atoms with Crippen molar-refractivity contribution in [3.63, 3.8) is 0 Å². The summed E-state index contributed by atoms with van der Waals surface area (Å²) in [5.74, 6) is 0.754. The van der Waals surface area contributed by atoms with Crippen LogP contribution in [0.3, 0.4) is 0 Å². The van der Waals surface area contributed by atoms with Crippen LogP contribution in [0.15, 0.2) is 30.6 Å². The molecule has 0 radical (unpaired) electrons. The molecule has 0 saturated heterocycles. The van der Waals surface area contributed by atoms with Gasteiger partial charge in [-0.05, 0) is 12.8 Å². The molecule has 0 amide bonds. The third-order valence-corrected chi connectivity index (χ3v) is 2.15. The van der Waals surface area contributed by atoms with Crippen LogP contribution in [0.2, 0.25) is 0 Å². The van der Waals surface area contributed by atoms with E-state index in [1.54, 1.807) is 0 Å². The number of Topliss-reactive ketones (excluding diaryl/α,β-unsaturated/α-hetero) is 1. The van der Waals surface area contributed by atoms with Crippen molar-refractivity contribution in [1.29, 1.82) is 0 Å². The van der Waals surface area contributed by atoms with Crippen LogP contribution in [-0.2, 0) is 11.3 Å². The molecule has 0 N–H and O–H groups in total. The lowest BCUT2D eigenvalue weighted by molar-refractivity contribution is -0.684. The van der Waals surface area contributed by atoms with Crippen LogP contribution in [0.4, 0.5) is 0 Å². The first-order valence-corrected chi connectivity index (χ1v) is 4.33. The molecule has 1 aromatic heterocycles. The number of rotatable bonds is 3. The largest absolute Gasteiger partial charge is 0.292 e. The van der Waals surface area contributed by atoms with E-state index < -0.39 is 0 Å². The first kappa shape index (κ1) is 7.47. The number of carbonyl (C=O) groups excluding carboxylic acids is 1. The Bertz CT molecular complexity index is 277. The van der Waals surface area contributed by atoms with E-state index in [0.29, 0.717) is 18.2 Å². The number of carbonyl (C=O) groups is 1. The number of hydrogen-bond donors (Lipinski definition) is 0. The fourth-order valence-electron chi connectivity index (χ4n) is 1.25. The quantitative estimate of drug-likeness (QED) is 0.606. The third kappa shape index (κ3) is 1.70. The summed E-state index contributed by atoms with van der Waals surface area (Å²) in [5.41, 5.74) is 0. The van der Waals surface area contributed by atoms with E-state index in [9.17, 15) is 4.79 Å². The molecular formula is C10H12NO+. The van der Waals surface area contributed by atoms with E-state index in [0.717, 1.165) is 12.8 Å². The van der Waals surface area contributed by atoms with Crippen molar-refractivity contribution in [3.8, 4) is 0 Å².